The molecule has 0 fully saturated rings. The molecule has 5 rings (SSSR count). The van der Waals surface area contributed by atoms with Crippen LogP contribution in [-0.4, -0.2) is 63.6 Å². The summed E-state index contributed by atoms with van der Waals surface area (Å²) < 4.78 is 12.9. The molecule has 10 nitrogen and oxygen atoms in total. The lowest BCUT2D eigenvalue weighted by molar-refractivity contribution is 0.394. The molecule has 2 aromatic heterocycles. The molecule has 0 aliphatic carbocycles. The van der Waals surface area contributed by atoms with Crippen LogP contribution in [0.25, 0.3) is 11.0 Å². The zero-order valence-electron chi connectivity index (χ0n) is 20.1. The third-order valence-electron chi connectivity index (χ3n) is 5.83. The molecule has 0 saturated heterocycles. The third-order valence-corrected chi connectivity index (χ3v) is 5.83. The van der Waals surface area contributed by atoms with Gasteiger partial charge in [-0.1, -0.05) is 0 Å². The van der Waals surface area contributed by atoms with E-state index >= 15 is 0 Å². The number of methoxy groups -OCH3 is 2. The van der Waals surface area contributed by atoms with Crippen molar-refractivity contribution >= 4 is 34.3 Å². The first-order valence-electron chi connectivity index (χ1n) is 11.3. The topological polar surface area (TPSA) is 103 Å². The first-order valence-corrected chi connectivity index (χ1v) is 11.3. The van der Waals surface area contributed by atoms with Crippen molar-refractivity contribution in [3.05, 3.63) is 60.4 Å². The van der Waals surface area contributed by atoms with Crippen LogP contribution in [0.2, 0.25) is 0 Å². The number of nitrogens with zero attached hydrogens (tertiary/aromatic N) is 8. The zero-order valence-corrected chi connectivity index (χ0v) is 20.1. The highest BCUT2D eigenvalue weighted by Crippen LogP contribution is 2.34. The second-order valence-corrected chi connectivity index (χ2v) is 8.11. The minimum Gasteiger partial charge on any atom is -0.497 e. The molecule has 2 aromatic carbocycles. The fourth-order valence-corrected chi connectivity index (χ4v) is 3.96. The van der Waals surface area contributed by atoms with Gasteiger partial charge < -0.3 is 14.4 Å². The summed E-state index contributed by atoms with van der Waals surface area (Å²) in [6.07, 6.45) is 4.97. The maximum Gasteiger partial charge on any atom is 0.138 e. The van der Waals surface area contributed by atoms with Gasteiger partial charge in [0.05, 0.1) is 44.2 Å². The number of aliphatic imine (C=N–C) groups is 2. The molecule has 0 saturated carbocycles. The molecule has 0 amide bonds. The number of rotatable bonds is 8. The van der Waals surface area contributed by atoms with Crippen molar-refractivity contribution in [3.63, 3.8) is 0 Å². The largest absolute Gasteiger partial charge is 0.497 e. The Labute approximate surface area is 203 Å². The number of benzene rings is 2. The van der Waals surface area contributed by atoms with E-state index in [-0.39, 0.29) is 6.17 Å². The summed E-state index contributed by atoms with van der Waals surface area (Å²) in [5.41, 5.74) is 4.89. The average molecular weight is 471 g/mol. The third kappa shape index (κ3) is 4.68. The van der Waals surface area contributed by atoms with Gasteiger partial charge in [0.1, 0.15) is 41.2 Å². The molecule has 0 bridgehead atoms. The van der Waals surface area contributed by atoms with E-state index in [0.29, 0.717) is 30.3 Å². The van der Waals surface area contributed by atoms with E-state index in [9.17, 15) is 0 Å². The van der Waals surface area contributed by atoms with Crippen molar-refractivity contribution in [2.24, 2.45) is 9.98 Å². The Morgan fingerprint density at radius 2 is 1.77 bits per heavy atom. The van der Waals surface area contributed by atoms with Crippen LogP contribution in [0, 0.1) is 6.92 Å². The highest BCUT2D eigenvalue weighted by molar-refractivity contribution is 6.38. The van der Waals surface area contributed by atoms with Crippen LogP contribution in [0.3, 0.4) is 0 Å². The van der Waals surface area contributed by atoms with E-state index in [4.69, 9.17) is 14.5 Å². The summed E-state index contributed by atoms with van der Waals surface area (Å²) in [6, 6.07) is 11.9. The second kappa shape index (κ2) is 9.49. The molecule has 10 heteroatoms. The molecule has 35 heavy (non-hydrogen) atoms. The molecule has 0 N–H and O–H groups in total. The average Bonchev–Trinajstić information content (AvgIpc) is 3.51. The zero-order chi connectivity index (χ0) is 24.4. The van der Waals surface area contributed by atoms with Crippen LogP contribution in [0.15, 0.2) is 58.9 Å². The number of aryl methyl sites for hydroxylation is 1. The van der Waals surface area contributed by atoms with Crippen molar-refractivity contribution in [1.82, 2.24) is 24.7 Å². The van der Waals surface area contributed by atoms with Gasteiger partial charge in [0.25, 0.3) is 0 Å². The quantitative estimate of drug-likeness (QED) is 0.388. The van der Waals surface area contributed by atoms with Crippen molar-refractivity contribution in [2.75, 3.05) is 25.7 Å². The predicted octanol–water partition coefficient (Wildman–Crippen LogP) is 3.60. The molecule has 1 aliphatic rings. The van der Waals surface area contributed by atoms with Crippen molar-refractivity contribution in [2.45, 2.75) is 26.6 Å². The molecule has 1 atom stereocenters. The fourth-order valence-electron chi connectivity index (χ4n) is 3.96. The molecule has 1 aliphatic heterocycles. The maximum absolute atomic E-state index is 5.52. The normalized spacial score (nSPS) is 14.9. The van der Waals surface area contributed by atoms with Gasteiger partial charge in [-0.25, -0.2) is 14.6 Å². The van der Waals surface area contributed by atoms with Crippen LogP contribution in [-0.2, 0) is 6.54 Å². The predicted molar refractivity (Wildman–Crippen MR) is 135 cm³/mol. The van der Waals surface area contributed by atoms with E-state index in [1.54, 1.807) is 33.0 Å². The summed E-state index contributed by atoms with van der Waals surface area (Å²) in [4.78, 5) is 24.7. The van der Waals surface area contributed by atoms with Gasteiger partial charge in [-0.3, -0.25) is 15.0 Å². The van der Waals surface area contributed by atoms with E-state index in [1.807, 2.05) is 54.9 Å². The molecule has 4 aromatic rings. The highest BCUT2D eigenvalue weighted by atomic mass is 16.5. The van der Waals surface area contributed by atoms with Gasteiger partial charge in [0.15, 0.2) is 0 Å². The van der Waals surface area contributed by atoms with Crippen molar-refractivity contribution < 1.29 is 9.47 Å². The lowest BCUT2D eigenvalue weighted by Gasteiger charge is -2.26. The summed E-state index contributed by atoms with van der Waals surface area (Å²) >= 11 is 0. The standard InChI is InChI=1S/C25H26N8O2/c1-16-26-13-24(30-16)25-14-27-22-6-5-18(11-23(22)31-25)32(7-8-33-17(2)28-15-29-33)19-9-20(34-3)12-21(10-19)35-4/h5-6,9-16H,7-8H2,1-4H3. The minimum absolute atomic E-state index is 0.0902. The molecule has 178 valence electrons. The van der Waals surface area contributed by atoms with Crippen molar-refractivity contribution in [1.29, 1.82) is 0 Å². The summed E-state index contributed by atoms with van der Waals surface area (Å²) in [5.74, 6) is 2.27. The lowest BCUT2D eigenvalue weighted by atomic mass is 10.2. The van der Waals surface area contributed by atoms with E-state index in [0.717, 1.165) is 33.9 Å². The fraction of sp³-hybridized carbons (Fsp3) is 0.280. The number of hydrogen-bond donors (Lipinski definition) is 0. The summed E-state index contributed by atoms with van der Waals surface area (Å²) in [5, 5.41) is 4.34. The van der Waals surface area contributed by atoms with E-state index in [2.05, 4.69) is 30.0 Å². The lowest BCUT2D eigenvalue weighted by Crippen LogP contribution is -2.23. The molecule has 1 unspecified atom stereocenters. The van der Waals surface area contributed by atoms with E-state index in [1.165, 1.54) is 0 Å². The minimum atomic E-state index is -0.0902. The van der Waals surface area contributed by atoms with E-state index < -0.39 is 0 Å². The van der Waals surface area contributed by atoms with Gasteiger partial charge >= 0.3 is 0 Å². The number of fused-ring (bicyclic) bond motifs is 1. The van der Waals surface area contributed by atoms with Gasteiger partial charge in [0, 0.05) is 36.1 Å². The molecule has 0 radical (unpaired) electrons. The van der Waals surface area contributed by atoms with Gasteiger partial charge in [-0.05, 0) is 32.0 Å². The highest BCUT2D eigenvalue weighted by Gasteiger charge is 2.16. The number of anilines is 2. The molecule has 0 spiro atoms. The van der Waals surface area contributed by atoms with Crippen LogP contribution in [0.1, 0.15) is 18.4 Å². The Morgan fingerprint density at radius 3 is 2.43 bits per heavy atom. The van der Waals surface area contributed by atoms with Crippen LogP contribution in [0.4, 0.5) is 11.4 Å². The summed E-state index contributed by atoms with van der Waals surface area (Å²) in [6.45, 7) is 5.15. The number of ether oxygens (including phenoxy) is 2. The monoisotopic (exact) mass is 470 g/mol. The van der Waals surface area contributed by atoms with Gasteiger partial charge in [0.2, 0.25) is 0 Å². The van der Waals surface area contributed by atoms with Crippen LogP contribution in [0.5, 0.6) is 11.5 Å². The number of aromatic nitrogens is 5. The molecular weight excluding hydrogens is 444 g/mol. The molecular formula is C25H26N8O2. The molecule has 3 heterocycles. The number of hydrogen-bond acceptors (Lipinski definition) is 9. The first-order chi connectivity index (χ1) is 17.0. The Bertz CT molecular complexity index is 1410. The Hall–Kier alpha value is -4.34. The Balaban J connectivity index is 1.56. The SMILES string of the molecule is COc1cc(OC)cc(N(CCn2ncnc2C)c2ccc3ncc(C4=NC(C)N=C4)nc3c2)c1. The Kier molecular flexibility index (Phi) is 6.09. The summed E-state index contributed by atoms with van der Waals surface area (Å²) in [7, 11) is 3.29. The van der Waals surface area contributed by atoms with Gasteiger partial charge in [-0.15, -0.1) is 0 Å². The van der Waals surface area contributed by atoms with Gasteiger partial charge in [-0.2, -0.15) is 5.10 Å². The van der Waals surface area contributed by atoms with Crippen LogP contribution >= 0.6 is 0 Å². The Morgan fingerprint density at radius 1 is 0.971 bits per heavy atom. The maximum atomic E-state index is 5.52. The van der Waals surface area contributed by atoms with Crippen LogP contribution < -0.4 is 14.4 Å². The first kappa shape index (κ1) is 22.5. The van der Waals surface area contributed by atoms with Crippen molar-refractivity contribution in [3.8, 4) is 11.5 Å². The smallest absolute Gasteiger partial charge is 0.138 e. The second-order valence-electron chi connectivity index (χ2n) is 8.11.